The molecule has 36 heavy (non-hydrogen) atoms. The third kappa shape index (κ3) is 7.72. The molecule has 0 unspecified atom stereocenters. The molecule has 200 valence electrons. The zero-order valence-corrected chi connectivity index (χ0v) is 20.6. The summed E-state index contributed by atoms with van der Waals surface area (Å²) in [5.74, 6) is 3.32. The number of ether oxygens (including phenoxy) is 2. The van der Waals surface area contributed by atoms with Crippen LogP contribution in [0.2, 0.25) is 0 Å². The Morgan fingerprint density at radius 1 is 1.08 bits per heavy atom. The van der Waals surface area contributed by atoms with E-state index < -0.39 is 23.8 Å². The molecule has 1 saturated heterocycles. The first-order valence-corrected chi connectivity index (χ1v) is 11.6. The predicted octanol–water partition coefficient (Wildman–Crippen LogP) is 2.71. The van der Waals surface area contributed by atoms with Crippen molar-refractivity contribution in [2.24, 2.45) is 10.9 Å². The summed E-state index contributed by atoms with van der Waals surface area (Å²) < 4.78 is 50.0. The number of halogens is 3. The normalized spacial score (nSPS) is 17.1. The molecular weight excluding hydrogens is 483 g/mol. The first-order chi connectivity index (χ1) is 16.9. The Bertz CT molecular complexity index is 972. The first-order valence-electron chi connectivity index (χ1n) is 11.6. The van der Waals surface area contributed by atoms with Crippen LogP contribution in [0.3, 0.4) is 0 Å². The van der Waals surface area contributed by atoms with Gasteiger partial charge in [-0.05, 0) is 56.9 Å². The van der Waals surface area contributed by atoms with Crippen molar-refractivity contribution in [3.63, 3.8) is 0 Å². The van der Waals surface area contributed by atoms with Gasteiger partial charge in [0.25, 0.3) is 0 Å². The Hall–Kier alpha value is -3.06. The molecule has 0 bridgehead atoms. The number of hydrogen-bond acceptors (Lipinski definition) is 7. The zero-order valence-electron chi connectivity index (χ0n) is 20.6. The van der Waals surface area contributed by atoms with Crippen LogP contribution in [0.15, 0.2) is 23.2 Å². The minimum absolute atomic E-state index is 0.150. The Balaban J connectivity index is 1.71. The van der Waals surface area contributed by atoms with Crippen LogP contribution < -0.4 is 16.0 Å². The number of rotatable bonds is 5. The Morgan fingerprint density at radius 2 is 1.75 bits per heavy atom. The van der Waals surface area contributed by atoms with E-state index in [1.807, 2.05) is 11.4 Å². The van der Waals surface area contributed by atoms with E-state index in [-0.39, 0.29) is 38.3 Å². The van der Waals surface area contributed by atoms with Gasteiger partial charge in [0.15, 0.2) is 0 Å². The van der Waals surface area contributed by atoms with Crippen LogP contribution in [0.4, 0.5) is 18.0 Å². The van der Waals surface area contributed by atoms with E-state index in [4.69, 9.17) is 15.4 Å². The van der Waals surface area contributed by atoms with Crippen molar-refractivity contribution in [3.05, 3.63) is 29.3 Å². The Morgan fingerprint density at radius 3 is 2.36 bits per heavy atom. The largest absolute Gasteiger partial charge is 0.491 e. The monoisotopic (exact) mass is 515 g/mol. The SMILES string of the molecule is CC(C)(C)OC(=O)N1CCC(N=C(NC(=O)C(F)(F)F)N2Cc3ccc(OCCON)cc3C2)CC1. The molecule has 2 aliphatic heterocycles. The molecular formula is C23H32F3N5O5. The summed E-state index contributed by atoms with van der Waals surface area (Å²) in [5.41, 5.74) is 1.09. The highest BCUT2D eigenvalue weighted by atomic mass is 19.4. The number of nitrogens with two attached hydrogens (primary N) is 1. The van der Waals surface area contributed by atoms with Crippen molar-refractivity contribution in [3.8, 4) is 5.75 Å². The quantitative estimate of drug-likeness (QED) is 0.268. The molecule has 2 amide bonds. The summed E-state index contributed by atoms with van der Waals surface area (Å²) in [6.07, 6.45) is -4.65. The van der Waals surface area contributed by atoms with Crippen molar-refractivity contribution < 1.29 is 37.1 Å². The number of fused-ring (bicyclic) bond motifs is 1. The third-order valence-electron chi connectivity index (χ3n) is 5.57. The number of aliphatic imine (C=N–C) groups is 1. The molecule has 1 aromatic carbocycles. The maximum absolute atomic E-state index is 13.0. The minimum Gasteiger partial charge on any atom is -0.491 e. The van der Waals surface area contributed by atoms with E-state index in [0.717, 1.165) is 11.1 Å². The van der Waals surface area contributed by atoms with Crippen molar-refractivity contribution in [2.75, 3.05) is 26.3 Å². The van der Waals surface area contributed by atoms with Gasteiger partial charge in [0.05, 0.1) is 6.04 Å². The van der Waals surface area contributed by atoms with Gasteiger partial charge in [-0.2, -0.15) is 13.2 Å². The number of hydrogen-bond donors (Lipinski definition) is 2. The number of carbonyl (C=O) groups is 2. The summed E-state index contributed by atoms with van der Waals surface area (Å²) in [4.78, 5) is 36.1. The summed E-state index contributed by atoms with van der Waals surface area (Å²) in [7, 11) is 0. The Kier molecular flexibility index (Phi) is 8.67. The van der Waals surface area contributed by atoms with E-state index in [1.54, 1.807) is 42.7 Å². The second-order valence-electron chi connectivity index (χ2n) is 9.61. The molecule has 0 saturated carbocycles. The smallest absolute Gasteiger partial charge is 0.471 e. The molecule has 0 spiro atoms. The van der Waals surface area contributed by atoms with Crippen molar-refractivity contribution >= 4 is 18.0 Å². The van der Waals surface area contributed by atoms with Crippen LogP contribution in [0.25, 0.3) is 0 Å². The van der Waals surface area contributed by atoms with Crippen LogP contribution >= 0.6 is 0 Å². The fourth-order valence-electron chi connectivity index (χ4n) is 3.86. The molecule has 2 heterocycles. The molecule has 0 radical (unpaired) electrons. The van der Waals surface area contributed by atoms with Crippen molar-refractivity contribution in [2.45, 2.75) is 64.5 Å². The van der Waals surface area contributed by atoms with Crippen LogP contribution in [-0.2, 0) is 27.5 Å². The molecule has 0 aromatic heterocycles. The van der Waals surface area contributed by atoms with Crippen molar-refractivity contribution in [1.29, 1.82) is 0 Å². The van der Waals surface area contributed by atoms with E-state index in [2.05, 4.69) is 9.83 Å². The second kappa shape index (κ2) is 11.3. The molecule has 2 aliphatic rings. The Labute approximate surface area is 207 Å². The van der Waals surface area contributed by atoms with Crippen LogP contribution in [0.1, 0.15) is 44.7 Å². The maximum atomic E-state index is 13.0. The molecule has 0 atom stereocenters. The van der Waals surface area contributed by atoms with Crippen LogP contribution in [0.5, 0.6) is 5.75 Å². The van der Waals surface area contributed by atoms with Gasteiger partial charge in [-0.1, -0.05) is 6.07 Å². The van der Waals surface area contributed by atoms with E-state index in [0.29, 0.717) is 31.7 Å². The van der Waals surface area contributed by atoms with E-state index in [9.17, 15) is 22.8 Å². The molecule has 13 heteroatoms. The molecule has 1 fully saturated rings. The zero-order chi connectivity index (χ0) is 26.5. The van der Waals surface area contributed by atoms with Gasteiger partial charge < -0.3 is 24.1 Å². The van der Waals surface area contributed by atoms with E-state index in [1.165, 1.54) is 0 Å². The highest BCUT2D eigenvalue weighted by Gasteiger charge is 2.40. The number of guanidine groups is 1. The highest BCUT2D eigenvalue weighted by molar-refractivity contribution is 5.99. The molecule has 3 rings (SSSR count). The lowest BCUT2D eigenvalue weighted by molar-refractivity contribution is -0.172. The number of carbonyl (C=O) groups excluding carboxylic acids is 2. The minimum atomic E-state index is -5.06. The van der Waals surface area contributed by atoms with Gasteiger partial charge in [-0.3, -0.25) is 10.1 Å². The molecule has 1 aromatic rings. The molecule has 3 N–H and O–H groups in total. The molecule has 0 aliphatic carbocycles. The lowest BCUT2D eigenvalue weighted by atomic mass is 10.1. The maximum Gasteiger partial charge on any atom is 0.471 e. The summed E-state index contributed by atoms with van der Waals surface area (Å²) in [5, 5.41) is 1.95. The summed E-state index contributed by atoms with van der Waals surface area (Å²) in [6.45, 7) is 6.97. The topological polar surface area (TPSA) is 119 Å². The van der Waals surface area contributed by atoms with Gasteiger partial charge in [0.2, 0.25) is 5.96 Å². The van der Waals surface area contributed by atoms with Gasteiger partial charge in [0.1, 0.15) is 24.6 Å². The van der Waals surface area contributed by atoms with Gasteiger partial charge >= 0.3 is 18.2 Å². The summed E-state index contributed by atoms with van der Waals surface area (Å²) in [6, 6.07) is 4.98. The van der Waals surface area contributed by atoms with Gasteiger partial charge in [-0.25, -0.2) is 15.7 Å². The standard InChI is InChI=1S/C23H32F3N5O5/c1-22(2,3)36-21(33)30-8-6-17(7-9-30)28-20(29-19(32)23(24,25)26)31-13-15-4-5-18(12-16(15)14-31)34-10-11-35-27/h4-5,12,17H,6-11,13-14,27H2,1-3H3,(H,28,29,32). The fraction of sp³-hybridized carbons (Fsp3) is 0.609. The lowest BCUT2D eigenvalue weighted by Gasteiger charge is -2.33. The predicted molar refractivity (Wildman–Crippen MR) is 124 cm³/mol. The van der Waals surface area contributed by atoms with E-state index >= 15 is 0 Å². The molecule has 10 nitrogen and oxygen atoms in total. The number of nitrogens with zero attached hydrogens (tertiary/aromatic N) is 3. The average molecular weight is 516 g/mol. The van der Waals surface area contributed by atoms with Crippen molar-refractivity contribution in [1.82, 2.24) is 15.1 Å². The lowest BCUT2D eigenvalue weighted by Crippen LogP contribution is -2.48. The first kappa shape index (κ1) is 27.5. The average Bonchev–Trinajstić information content (AvgIpc) is 3.21. The van der Waals surface area contributed by atoms with Gasteiger partial charge in [-0.15, -0.1) is 0 Å². The number of piperidine rings is 1. The highest BCUT2D eigenvalue weighted by Crippen LogP contribution is 2.28. The number of likely N-dealkylation sites (tertiary alicyclic amines) is 1. The van der Waals surface area contributed by atoms with Crippen LogP contribution in [0, 0.1) is 0 Å². The number of amides is 2. The van der Waals surface area contributed by atoms with Crippen LogP contribution in [-0.4, -0.2) is 71.9 Å². The number of benzene rings is 1. The fourth-order valence-corrected chi connectivity index (χ4v) is 3.86. The number of nitrogens with one attached hydrogen (secondary N) is 1. The summed E-state index contributed by atoms with van der Waals surface area (Å²) >= 11 is 0. The third-order valence-corrected chi connectivity index (χ3v) is 5.57. The number of alkyl halides is 3. The van der Waals surface area contributed by atoms with Gasteiger partial charge in [0, 0.05) is 26.2 Å². The second-order valence-corrected chi connectivity index (χ2v) is 9.61.